The Morgan fingerprint density at radius 2 is 1.91 bits per heavy atom. The number of halogens is 3. The van der Waals surface area contributed by atoms with Crippen molar-refractivity contribution in [2.24, 2.45) is 0 Å². The molecule has 0 aliphatic heterocycles. The molecule has 5 heteroatoms. The van der Waals surface area contributed by atoms with Crippen LogP contribution in [0.2, 0.25) is 10.0 Å². The number of aromatic nitrogens is 2. The highest BCUT2D eigenvalue weighted by Gasteiger charge is 2.15. The minimum atomic E-state index is 0.320. The van der Waals surface area contributed by atoms with E-state index in [4.69, 9.17) is 28.2 Å². The fourth-order valence-electron chi connectivity index (χ4n) is 2.65. The van der Waals surface area contributed by atoms with Gasteiger partial charge in [-0.3, -0.25) is 0 Å². The van der Waals surface area contributed by atoms with Crippen LogP contribution in [0.25, 0.3) is 11.0 Å². The molecule has 0 saturated heterocycles. The molecule has 0 bridgehead atoms. The first-order valence-electron chi connectivity index (χ1n) is 7.06. The van der Waals surface area contributed by atoms with Crippen molar-refractivity contribution in [3.05, 3.63) is 62.3 Å². The Hall–Kier alpha value is -1.03. The van der Waals surface area contributed by atoms with Crippen LogP contribution in [0.3, 0.4) is 0 Å². The number of nitrogens with zero attached hydrogens (tertiary/aromatic N) is 2. The molecule has 3 aromatic rings. The van der Waals surface area contributed by atoms with Gasteiger partial charge in [-0.15, -0.1) is 0 Å². The minimum Gasteiger partial charge on any atom is -0.325 e. The lowest BCUT2D eigenvalue weighted by Gasteiger charge is -2.14. The summed E-state index contributed by atoms with van der Waals surface area (Å²) in [6.45, 7) is 4.32. The normalized spacial score (nSPS) is 11.5. The van der Waals surface area contributed by atoms with Crippen molar-refractivity contribution in [2.75, 3.05) is 0 Å². The second-order valence-electron chi connectivity index (χ2n) is 5.54. The molecule has 1 aromatic heterocycles. The van der Waals surface area contributed by atoms with Gasteiger partial charge in [-0.1, -0.05) is 45.2 Å². The van der Waals surface area contributed by atoms with Crippen LogP contribution >= 0.6 is 39.1 Å². The maximum Gasteiger partial charge on any atom is 0.114 e. The average molecular weight is 398 g/mol. The third kappa shape index (κ3) is 3.03. The predicted molar refractivity (Wildman–Crippen MR) is 97.1 cm³/mol. The number of benzene rings is 2. The highest BCUT2D eigenvalue weighted by molar-refractivity contribution is 9.10. The van der Waals surface area contributed by atoms with Gasteiger partial charge in [0.2, 0.25) is 0 Å². The van der Waals surface area contributed by atoms with E-state index in [1.165, 1.54) is 0 Å². The van der Waals surface area contributed by atoms with Crippen molar-refractivity contribution >= 4 is 50.2 Å². The molecule has 0 amide bonds. The first-order chi connectivity index (χ1) is 10.5. The van der Waals surface area contributed by atoms with Gasteiger partial charge in [-0.05, 0) is 49.7 Å². The molecule has 0 saturated carbocycles. The van der Waals surface area contributed by atoms with Crippen molar-refractivity contribution in [3.8, 4) is 0 Å². The standard InChI is InChI=1S/C17H15BrCl2N2/c1-10(2)22-16-8-12(18)4-6-15(16)21-17(22)7-11-3-5-13(19)9-14(11)20/h3-6,8-10H,7H2,1-2H3. The monoisotopic (exact) mass is 396 g/mol. The molecule has 0 N–H and O–H groups in total. The molecule has 0 unspecified atom stereocenters. The Balaban J connectivity index is 2.12. The summed E-state index contributed by atoms with van der Waals surface area (Å²) >= 11 is 15.8. The van der Waals surface area contributed by atoms with E-state index in [0.29, 0.717) is 22.5 Å². The van der Waals surface area contributed by atoms with Crippen LogP contribution in [0.4, 0.5) is 0 Å². The summed E-state index contributed by atoms with van der Waals surface area (Å²) in [6, 6.07) is 12.1. The highest BCUT2D eigenvalue weighted by Crippen LogP contribution is 2.28. The predicted octanol–water partition coefficient (Wildman–Crippen LogP) is 6.28. The van der Waals surface area contributed by atoms with Gasteiger partial charge < -0.3 is 4.57 Å². The van der Waals surface area contributed by atoms with Gasteiger partial charge in [-0.2, -0.15) is 0 Å². The fraction of sp³-hybridized carbons (Fsp3) is 0.235. The van der Waals surface area contributed by atoms with Gasteiger partial charge >= 0.3 is 0 Å². The Morgan fingerprint density at radius 1 is 1.14 bits per heavy atom. The van der Waals surface area contributed by atoms with Crippen LogP contribution in [-0.4, -0.2) is 9.55 Å². The third-order valence-corrected chi connectivity index (χ3v) is 4.68. The van der Waals surface area contributed by atoms with E-state index in [-0.39, 0.29) is 0 Å². The number of imidazole rings is 1. The van der Waals surface area contributed by atoms with Gasteiger partial charge in [0, 0.05) is 27.0 Å². The summed E-state index contributed by atoms with van der Waals surface area (Å²) in [7, 11) is 0. The molecule has 0 spiro atoms. The minimum absolute atomic E-state index is 0.320. The number of fused-ring (bicyclic) bond motifs is 1. The molecule has 22 heavy (non-hydrogen) atoms. The molecule has 0 atom stereocenters. The van der Waals surface area contributed by atoms with Crippen molar-refractivity contribution < 1.29 is 0 Å². The Bertz CT molecular complexity index is 840. The van der Waals surface area contributed by atoms with Gasteiger partial charge in [0.1, 0.15) is 5.82 Å². The van der Waals surface area contributed by atoms with E-state index in [1.807, 2.05) is 24.3 Å². The topological polar surface area (TPSA) is 17.8 Å². The van der Waals surface area contributed by atoms with E-state index in [0.717, 1.165) is 26.9 Å². The summed E-state index contributed by atoms with van der Waals surface area (Å²) in [4.78, 5) is 4.78. The van der Waals surface area contributed by atoms with Gasteiger partial charge in [-0.25, -0.2) is 4.98 Å². The zero-order valence-corrected chi connectivity index (χ0v) is 15.4. The van der Waals surface area contributed by atoms with Crippen molar-refractivity contribution in [1.82, 2.24) is 9.55 Å². The summed E-state index contributed by atoms with van der Waals surface area (Å²) in [5, 5.41) is 1.33. The smallest absolute Gasteiger partial charge is 0.114 e. The van der Waals surface area contributed by atoms with Gasteiger partial charge in [0.05, 0.1) is 11.0 Å². The molecule has 0 aliphatic carbocycles. The zero-order valence-electron chi connectivity index (χ0n) is 12.3. The maximum atomic E-state index is 6.31. The van der Waals surface area contributed by atoms with Crippen molar-refractivity contribution in [3.63, 3.8) is 0 Å². The molecule has 114 valence electrons. The molecular weight excluding hydrogens is 383 g/mol. The van der Waals surface area contributed by atoms with Crippen LogP contribution in [0.1, 0.15) is 31.3 Å². The van der Waals surface area contributed by atoms with E-state index in [1.54, 1.807) is 6.07 Å². The summed E-state index contributed by atoms with van der Waals surface area (Å²) in [6.07, 6.45) is 0.681. The molecule has 2 nitrogen and oxygen atoms in total. The highest BCUT2D eigenvalue weighted by atomic mass is 79.9. The molecule has 0 fully saturated rings. The van der Waals surface area contributed by atoms with Gasteiger partial charge in [0.25, 0.3) is 0 Å². The molecule has 0 aliphatic rings. The Labute approximate surface area is 148 Å². The number of hydrogen-bond donors (Lipinski definition) is 0. The second kappa shape index (κ2) is 6.23. The van der Waals surface area contributed by atoms with Crippen LogP contribution in [0.15, 0.2) is 40.9 Å². The first kappa shape index (κ1) is 15.9. The van der Waals surface area contributed by atoms with E-state index < -0.39 is 0 Å². The van der Waals surface area contributed by atoms with E-state index in [9.17, 15) is 0 Å². The molecular formula is C17H15BrCl2N2. The van der Waals surface area contributed by atoms with Crippen LogP contribution < -0.4 is 0 Å². The molecule has 1 heterocycles. The van der Waals surface area contributed by atoms with Crippen LogP contribution in [-0.2, 0) is 6.42 Å². The zero-order chi connectivity index (χ0) is 15.9. The Morgan fingerprint density at radius 3 is 2.59 bits per heavy atom. The summed E-state index contributed by atoms with van der Waals surface area (Å²) in [5.74, 6) is 1.01. The molecule has 3 rings (SSSR count). The lowest BCUT2D eigenvalue weighted by molar-refractivity contribution is 0.591. The van der Waals surface area contributed by atoms with Crippen molar-refractivity contribution in [1.29, 1.82) is 0 Å². The number of hydrogen-bond acceptors (Lipinski definition) is 1. The van der Waals surface area contributed by atoms with E-state index >= 15 is 0 Å². The average Bonchev–Trinajstić information content (AvgIpc) is 2.79. The SMILES string of the molecule is CC(C)n1c(Cc2ccc(Cl)cc2Cl)nc2ccc(Br)cc21. The summed E-state index contributed by atoms with van der Waals surface area (Å²) < 4.78 is 3.31. The van der Waals surface area contributed by atoms with E-state index in [2.05, 4.69) is 40.4 Å². The largest absolute Gasteiger partial charge is 0.325 e. The molecule has 2 aromatic carbocycles. The maximum absolute atomic E-state index is 6.31. The lowest BCUT2D eigenvalue weighted by Crippen LogP contribution is -2.07. The fourth-order valence-corrected chi connectivity index (χ4v) is 3.48. The number of rotatable bonds is 3. The van der Waals surface area contributed by atoms with Crippen LogP contribution in [0.5, 0.6) is 0 Å². The third-order valence-electron chi connectivity index (χ3n) is 3.60. The lowest BCUT2D eigenvalue weighted by atomic mass is 10.1. The van der Waals surface area contributed by atoms with Gasteiger partial charge in [0.15, 0.2) is 0 Å². The summed E-state index contributed by atoms with van der Waals surface area (Å²) in [5.41, 5.74) is 3.16. The van der Waals surface area contributed by atoms with Crippen molar-refractivity contribution in [2.45, 2.75) is 26.3 Å². The van der Waals surface area contributed by atoms with Crippen LogP contribution in [0, 0.1) is 0 Å². The molecule has 0 radical (unpaired) electrons. The first-order valence-corrected chi connectivity index (χ1v) is 8.61. The second-order valence-corrected chi connectivity index (χ2v) is 7.30. The quantitative estimate of drug-likeness (QED) is 0.508. The Kier molecular flexibility index (Phi) is 4.49.